The Hall–Kier alpha value is -1.42. The van der Waals surface area contributed by atoms with E-state index in [0.29, 0.717) is 28.8 Å². The molecule has 1 aromatic heterocycles. The van der Waals surface area contributed by atoms with Crippen LogP contribution in [0.1, 0.15) is 49.4 Å². The Labute approximate surface area is 114 Å². The first-order valence-corrected chi connectivity index (χ1v) is 6.95. The van der Waals surface area contributed by atoms with Gasteiger partial charge in [-0.15, -0.1) is 0 Å². The van der Waals surface area contributed by atoms with Crippen molar-refractivity contribution in [2.24, 2.45) is 10.9 Å². The average molecular weight is 262 g/mol. The monoisotopic (exact) mass is 262 g/mol. The maximum absolute atomic E-state index is 10.0. The van der Waals surface area contributed by atoms with Crippen LogP contribution in [0.25, 0.3) is 0 Å². The molecule has 2 atom stereocenters. The highest BCUT2D eigenvalue weighted by Gasteiger charge is 2.20. The lowest BCUT2D eigenvalue weighted by atomic mass is 9.86. The summed E-state index contributed by atoms with van der Waals surface area (Å²) >= 11 is 0. The number of hydrogen-bond donors (Lipinski definition) is 2. The van der Waals surface area contributed by atoms with E-state index in [1.165, 1.54) is 19.3 Å². The normalized spacial score (nSPS) is 23.9. The second kappa shape index (κ2) is 6.15. The molecular weight excluding hydrogens is 240 g/mol. The highest BCUT2D eigenvalue weighted by Crippen LogP contribution is 2.27. The molecule has 0 aromatic carbocycles. The molecule has 0 unspecified atom stereocenters. The first-order valence-electron chi connectivity index (χ1n) is 6.95. The number of aryl methyl sites for hydroxylation is 1. The van der Waals surface area contributed by atoms with Crippen LogP contribution in [-0.4, -0.2) is 27.5 Å². The van der Waals surface area contributed by atoms with Crippen molar-refractivity contribution < 1.29 is 10.2 Å². The van der Waals surface area contributed by atoms with E-state index in [1.807, 2.05) is 0 Å². The summed E-state index contributed by atoms with van der Waals surface area (Å²) in [6.07, 6.45) is 8.14. The van der Waals surface area contributed by atoms with Gasteiger partial charge in [-0.2, -0.15) is 0 Å². The lowest BCUT2D eigenvalue weighted by molar-refractivity contribution is 0.280. The lowest BCUT2D eigenvalue weighted by Gasteiger charge is -2.25. The Morgan fingerprint density at radius 2 is 2.16 bits per heavy atom. The molecule has 19 heavy (non-hydrogen) atoms. The van der Waals surface area contributed by atoms with Gasteiger partial charge in [0.25, 0.3) is 0 Å². The van der Waals surface area contributed by atoms with E-state index < -0.39 is 0 Å². The van der Waals surface area contributed by atoms with Crippen LogP contribution in [0.15, 0.2) is 11.2 Å². The van der Waals surface area contributed by atoms with Crippen LogP contribution in [0.5, 0.6) is 5.75 Å². The molecule has 2 rings (SSSR count). The minimum atomic E-state index is -0.136. The summed E-state index contributed by atoms with van der Waals surface area (Å²) in [5.41, 5.74) is 1.79. The SMILES string of the molecule is Cc1ncc(CO)c(C=N[C@H]2CCCC[C@@H]2C)c1O. The number of aliphatic hydroxyl groups is 1. The summed E-state index contributed by atoms with van der Waals surface area (Å²) in [5.74, 6) is 0.714. The molecule has 4 nitrogen and oxygen atoms in total. The van der Waals surface area contributed by atoms with E-state index in [1.54, 1.807) is 19.3 Å². The summed E-state index contributed by atoms with van der Waals surface area (Å²) in [6, 6.07) is 0.327. The highest BCUT2D eigenvalue weighted by molar-refractivity contribution is 5.85. The van der Waals surface area contributed by atoms with Gasteiger partial charge in [0, 0.05) is 23.5 Å². The van der Waals surface area contributed by atoms with Crippen molar-refractivity contribution in [3.8, 4) is 5.75 Å². The van der Waals surface area contributed by atoms with E-state index in [9.17, 15) is 10.2 Å². The van der Waals surface area contributed by atoms with Crippen LogP contribution >= 0.6 is 0 Å². The number of hydrogen-bond acceptors (Lipinski definition) is 4. The summed E-state index contributed by atoms with van der Waals surface area (Å²) < 4.78 is 0. The van der Waals surface area contributed by atoms with Gasteiger partial charge in [-0.1, -0.05) is 19.8 Å². The number of aromatic nitrogens is 1. The number of aromatic hydroxyl groups is 1. The zero-order chi connectivity index (χ0) is 13.8. The van der Waals surface area contributed by atoms with Crippen molar-refractivity contribution in [2.75, 3.05) is 0 Å². The van der Waals surface area contributed by atoms with E-state index in [0.717, 1.165) is 6.42 Å². The zero-order valence-corrected chi connectivity index (χ0v) is 11.6. The van der Waals surface area contributed by atoms with Crippen LogP contribution in [0.2, 0.25) is 0 Å². The molecule has 0 saturated heterocycles. The van der Waals surface area contributed by atoms with Gasteiger partial charge >= 0.3 is 0 Å². The van der Waals surface area contributed by atoms with Gasteiger partial charge in [0.05, 0.1) is 18.3 Å². The Bertz CT molecular complexity index is 471. The topological polar surface area (TPSA) is 65.7 Å². The minimum absolute atomic E-state index is 0.124. The second-order valence-corrected chi connectivity index (χ2v) is 5.40. The number of rotatable bonds is 3. The van der Waals surface area contributed by atoms with E-state index in [4.69, 9.17) is 0 Å². The molecule has 1 fully saturated rings. The van der Waals surface area contributed by atoms with Gasteiger partial charge in [0.15, 0.2) is 0 Å². The second-order valence-electron chi connectivity index (χ2n) is 5.40. The molecule has 104 valence electrons. The third-order valence-electron chi connectivity index (χ3n) is 3.99. The molecule has 1 saturated carbocycles. The van der Waals surface area contributed by atoms with Crippen LogP contribution < -0.4 is 0 Å². The molecule has 0 bridgehead atoms. The van der Waals surface area contributed by atoms with Crippen LogP contribution in [0.4, 0.5) is 0 Å². The molecule has 0 amide bonds. The molecule has 0 aliphatic heterocycles. The summed E-state index contributed by atoms with van der Waals surface area (Å²) in [6.45, 7) is 3.84. The quantitative estimate of drug-likeness (QED) is 0.823. The fraction of sp³-hybridized carbons (Fsp3) is 0.600. The van der Waals surface area contributed by atoms with Crippen molar-refractivity contribution in [1.29, 1.82) is 0 Å². The fourth-order valence-corrected chi connectivity index (χ4v) is 2.61. The zero-order valence-electron chi connectivity index (χ0n) is 11.6. The predicted molar refractivity (Wildman–Crippen MR) is 75.6 cm³/mol. The molecule has 0 radical (unpaired) electrons. The maximum Gasteiger partial charge on any atom is 0.145 e. The largest absolute Gasteiger partial charge is 0.505 e. The van der Waals surface area contributed by atoms with E-state index in [2.05, 4.69) is 16.9 Å². The molecule has 1 aliphatic rings. The third kappa shape index (κ3) is 3.13. The number of nitrogens with zero attached hydrogens (tertiary/aromatic N) is 2. The van der Waals surface area contributed by atoms with Crippen LogP contribution in [0.3, 0.4) is 0 Å². The minimum Gasteiger partial charge on any atom is -0.505 e. The Morgan fingerprint density at radius 1 is 1.42 bits per heavy atom. The number of pyridine rings is 1. The van der Waals surface area contributed by atoms with E-state index >= 15 is 0 Å². The summed E-state index contributed by atoms with van der Waals surface area (Å²) in [7, 11) is 0. The lowest BCUT2D eigenvalue weighted by Crippen LogP contribution is -2.20. The van der Waals surface area contributed by atoms with Crippen molar-refractivity contribution in [1.82, 2.24) is 4.98 Å². The van der Waals surface area contributed by atoms with Crippen molar-refractivity contribution in [3.63, 3.8) is 0 Å². The average Bonchev–Trinajstić information content (AvgIpc) is 2.42. The molecule has 2 N–H and O–H groups in total. The molecule has 1 heterocycles. The van der Waals surface area contributed by atoms with Gasteiger partial charge in [0.1, 0.15) is 5.75 Å². The molecular formula is C15H22N2O2. The number of aliphatic hydroxyl groups excluding tert-OH is 1. The van der Waals surface area contributed by atoms with Crippen LogP contribution in [0, 0.1) is 12.8 Å². The molecule has 1 aliphatic carbocycles. The Balaban J connectivity index is 2.24. The molecule has 0 spiro atoms. The smallest absolute Gasteiger partial charge is 0.145 e. The first-order chi connectivity index (χ1) is 9.13. The summed E-state index contributed by atoms with van der Waals surface area (Å²) in [4.78, 5) is 8.67. The molecule has 4 heteroatoms. The Kier molecular flexibility index (Phi) is 4.53. The van der Waals surface area contributed by atoms with Gasteiger partial charge in [-0.05, 0) is 25.7 Å². The third-order valence-corrected chi connectivity index (χ3v) is 3.99. The van der Waals surface area contributed by atoms with Crippen molar-refractivity contribution >= 4 is 6.21 Å². The maximum atomic E-state index is 10.0. The Morgan fingerprint density at radius 3 is 2.84 bits per heavy atom. The number of aliphatic imine (C=N–C) groups is 1. The standard InChI is InChI=1S/C15H22N2O2/c1-10-5-3-4-6-14(10)17-8-13-12(9-18)7-16-11(2)15(13)19/h7-8,10,14,18-19H,3-6,9H2,1-2H3/t10-,14-/m0/s1. The van der Waals surface area contributed by atoms with Gasteiger partial charge in [-0.3, -0.25) is 9.98 Å². The summed E-state index contributed by atoms with van der Waals surface area (Å²) in [5, 5.41) is 19.3. The van der Waals surface area contributed by atoms with Gasteiger partial charge in [0.2, 0.25) is 0 Å². The highest BCUT2D eigenvalue weighted by atomic mass is 16.3. The van der Waals surface area contributed by atoms with Gasteiger partial charge < -0.3 is 10.2 Å². The van der Waals surface area contributed by atoms with Gasteiger partial charge in [-0.25, -0.2) is 0 Å². The predicted octanol–water partition coefficient (Wildman–Crippen LogP) is 2.59. The van der Waals surface area contributed by atoms with Crippen molar-refractivity contribution in [2.45, 2.75) is 52.2 Å². The van der Waals surface area contributed by atoms with Crippen LogP contribution in [-0.2, 0) is 6.61 Å². The molecule has 1 aromatic rings. The van der Waals surface area contributed by atoms with E-state index in [-0.39, 0.29) is 12.4 Å². The fourth-order valence-electron chi connectivity index (χ4n) is 2.61. The first kappa shape index (κ1) is 14.0. The van der Waals surface area contributed by atoms with Crippen molar-refractivity contribution in [3.05, 3.63) is 23.0 Å².